The van der Waals surface area contributed by atoms with Gasteiger partial charge in [0, 0.05) is 17.2 Å². The van der Waals surface area contributed by atoms with Gasteiger partial charge in [-0.05, 0) is 31.5 Å². The monoisotopic (exact) mass is 271 g/mol. The average Bonchev–Trinajstić information content (AvgIpc) is 2.84. The van der Waals surface area contributed by atoms with E-state index in [9.17, 15) is 0 Å². The van der Waals surface area contributed by atoms with Crippen molar-refractivity contribution in [3.8, 4) is 11.8 Å². The first kappa shape index (κ1) is 14.0. The van der Waals surface area contributed by atoms with Gasteiger partial charge in [0.25, 0.3) is 0 Å². The number of aryl methyl sites for hydroxylation is 1. The van der Waals surface area contributed by atoms with Crippen molar-refractivity contribution in [1.82, 2.24) is 9.55 Å². The summed E-state index contributed by atoms with van der Waals surface area (Å²) in [5.74, 6) is 0.735. The summed E-state index contributed by atoms with van der Waals surface area (Å²) in [7, 11) is 0. The van der Waals surface area contributed by atoms with E-state index in [2.05, 4.69) is 15.0 Å². The number of benzene rings is 1. The Bertz CT molecular complexity index is 626. The maximum Gasteiger partial charge on any atom is 0.302 e. The zero-order valence-electron chi connectivity index (χ0n) is 11.8. The van der Waals surface area contributed by atoms with Crippen LogP contribution in [0.3, 0.4) is 0 Å². The third-order valence-electron chi connectivity index (χ3n) is 3.05. The number of imidazole rings is 1. The smallest absolute Gasteiger partial charge is 0.302 e. The summed E-state index contributed by atoms with van der Waals surface area (Å²) < 4.78 is 7.68. The molecule has 0 aliphatic carbocycles. The second kappa shape index (κ2) is 6.12. The molecule has 1 aromatic carbocycles. The van der Waals surface area contributed by atoms with Crippen LogP contribution >= 0.6 is 0 Å². The Morgan fingerprint density at radius 2 is 2.10 bits per heavy atom. The van der Waals surface area contributed by atoms with E-state index in [0.29, 0.717) is 12.6 Å². The lowest BCUT2D eigenvalue weighted by Gasteiger charge is -2.11. The van der Waals surface area contributed by atoms with E-state index >= 15 is 0 Å². The minimum atomic E-state index is -0.275. The molecular formula is C14H17N5O. The fourth-order valence-corrected chi connectivity index (χ4v) is 1.95. The lowest BCUT2D eigenvalue weighted by Crippen LogP contribution is -2.04. The second-order valence-electron chi connectivity index (χ2n) is 4.51. The first-order valence-electron chi connectivity index (χ1n) is 6.49. The van der Waals surface area contributed by atoms with Crippen LogP contribution in [0.5, 0.6) is 11.8 Å². The van der Waals surface area contributed by atoms with Gasteiger partial charge >= 0.3 is 6.01 Å². The highest BCUT2D eigenvalue weighted by Gasteiger charge is 2.15. The summed E-state index contributed by atoms with van der Waals surface area (Å²) in [6.07, 6.45) is 1.69. The molecule has 6 heteroatoms. The largest absolute Gasteiger partial charge is 0.426 e. The molecule has 2 aromatic rings. The molecule has 1 heterocycles. The lowest BCUT2D eigenvalue weighted by atomic mass is 10.2. The number of ether oxygens (including phenoxy) is 1. The van der Waals surface area contributed by atoms with Crippen LogP contribution in [0.2, 0.25) is 0 Å². The Balaban J connectivity index is 2.28. The molecule has 0 bridgehead atoms. The van der Waals surface area contributed by atoms with Gasteiger partial charge < -0.3 is 4.74 Å². The molecule has 0 radical (unpaired) electrons. The van der Waals surface area contributed by atoms with Crippen molar-refractivity contribution >= 4 is 0 Å². The van der Waals surface area contributed by atoms with Crippen molar-refractivity contribution in [2.45, 2.75) is 33.4 Å². The average molecular weight is 271 g/mol. The Morgan fingerprint density at radius 3 is 2.70 bits per heavy atom. The van der Waals surface area contributed by atoms with Crippen molar-refractivity contribution in [2.75, 3.05) is 0 Å². The van der Waals surface area contributed by atoms with E-state index in [1.54, 1.807) is 6.20 Å². The van der Waals surface area contributed by atoms with E-state index in [0.717, 1.165) is 11.4 Å². The minimum Gasteiger partial charge on any atom is -0.426 e. The van der Waals surface area contributed by atoms with Gasteiger partial charge in [-0.3, -0.25) is 4.57 Å². The Morgan fingerprint density at radius 1 is 1.40 bits per heavy atom. The van der Waals surface area contributed by atoms with Crippen molar-refractivity contribution in [2.24, 2.45) is 5.11 Å². The van der Waals surface area contributed by atoms with Crippen LogP contribution in [0.4, 0.5) is 0 Å². The number of rotatable bonds is 5. The topological polar surface area (TPSA) is 75.8 Å². The molecule has 20 heavy (non-hydrogen) atoms. The number of hydrogen-bond acceptors (Lipinski definition) is 3. The van der Waals surface area contributed by atoms with E-state index in [4.69, 9.17) is 10.3 Å². The number of aromatic nitrogens is 2. The lowest BCUT2D eigenvalue weighted by molar-refractivity contribution is 0.409. The highest BCUT2D eigenvalue weighted by atomic mass is 16.5. The number of nitrogens with zero attached hydrogens (tertiary/aromatic N) is 5. The molecule has 0 spiro atoms. The maximum absolute atomic E-state index is 8.53. The third kappa shape index (κ3) is 2.92. The molecule has 0 amide bonds. The molecule has 104 valence electrons. The molecule has 0 fully saturated rings. The van der Waals surface area contributed by atoms with Gasteiger partial charge in [0.2, 0.25) is 0 Å². The second-order valence-corrected chi connectivity index (χ2v) is 4.51. The fourth-order valence-electron chi connectivity index (χ4n) is 1.95. The summed E-state index contributed by atoms with van der Waals surface area (Å²) in [6, 6.07) is 8.01. The maximum atomic E-state index is 8.53. The van der Waals surface area contributed by atoms with Crippen molar-refractivity contribution < 1.29 is 4.74 Å². The van der Waals surface area contributed by atoms with Gasteiger partial charge in [-0.1, -0.05) is 29.7 Å². The molecule has 0 aliphatic heterocycles. The van der Waals surface area contributed by atoms with Crippen LogP contribution in [0, 0.1) is 6.92 Å². The summed E-state index contributed by atoms with van der Waals surface area (Å²) in [4.78, 5) is 7.10. The van der Waals surface area contributed by atoms with E-state index in [1.165, 1.54) is 5.56 Å². The molecule has 0 N–H and O–H groups in total. The quantitative estimate of drug-likeness (QED) is 0.460. The van der Waals surface area contributed by atoms with E-state index < -0.39 is 0 Å². The van der Waals surface area contributed by atoms with E-state index in [1.807, 2.05) is 49.6 Å². The van der Waals surface area contributed by atoms with Gasteiger partial charge in [0.1, 0.15) is 5.75 Å². The molecule has 0 aliphatic rings. The van der Waals surface area contributed by atoms with Crippen molar-refractivity contribution in [3.63, 3.8) is 0 Å². The van der Waals surface area contributed by atoms with Crippen LogP contribution in [-0.2, 0) is 6.54 Å². The fraction of sp³-hybridized carbons (Fsp3) is 0.357. The Labute approximate surface area is 117 Å². The predicted octanol–water partition coefficient (Wildman–Crippen LogP) is 4.38. The first-order valence-corrected chi connectivity index (χ1v) is 6.49. The molecule has 1 unspecified atom stereocenters. The molecule has 6 nitrogen and oxygen atoms in total. The zero-order chi connectivity index (χ0) is 14.5. The Kier molecular flexibility index (Phi) is 4.27. The molecule has 2 rings (SSSR count). The zero-order valence-corrected chi connectivity index (χ0v) is 11.8. The third-order valence-corrected chi connectivity index (χ3v) is 3.05. The molecular weight excluding hydrogens is 254 g/mol. The van der Waals surface area contributed by atoms with Gasteiger partial charge in [-0.15, -0.1) is 0 Å². The summed E-state index contributed by atoms with van der Waals surface area (Å²) in [5.41, 5.74) is 10.5. The van der Waals surface area contributed by atoms with Crippen molar-refractivity contribution in [1.29, 1.82) is 0 Å². The normalized spacial score (nSPS) is 11.8. The van der Waals surface area contributed by atoms with Crippen molar-refractivity contribution in [3.05, 3.63) is 52.2 Å². The predicted molar refractivity (Wildman–Crippen MR) is 76.7 cm³/mol. The first-order chi connectivity index (χ1) is 9.65. The highest BCUT2D eigenvalue weighted by Crippen LogP contribution is 2.26. The van der Waals surface area contributed by atoms with Crippen LogP contribution < -0.4 is 4.74 Å². The molecule has 0 saturated carbocycles. The van der Waals surface area contributed by atoms with Crippen LogP contribution in [0.15, 0.2) is 35.6 Å². The molecule has 1 aromatic heterocycles. The number of azide groups is 1. The van der Waals surface area contributed by atoms with Crippen LogP contribution in [0.25, 0.3) is 10.4 Å². The van der Waals surface area contributed by atoms with Gasteiger partial charge in [0.05, 0.1) is 12.2 Å². The summed E-state index contributed by atoms with van der Waals surface area (Å²) >= 11 is 0. The minimum absolute atomic E-state index is 0.275. The van der Waals surface area contributed by atoms with E-state index in [-0.39, 0.29) is 6.04 Å². The van der Waals surface area contributed by atoms with Crippen LogP contribution in [-0.4, -0.2) is 9.55 Å². The molecule has 1 atom stereocenters. The summed E-state index contributed by atoms with van der Waals surface area (Å²) in [5, 5.41) is 3.70. The SMILES string of the molecule is CCn1c(C(C)N=[N+]=[N-])cnc1Oc1ccc(C)cc1. The van der Waals surface area contributed by atoms with Gasteiger partial charge in [-0.2, -0.15) is 0 Å². The van der Waals surface area contributed by atoms with Gasteiger partial charge in [-0.25, -0.2) is 4.98 Å². The molecule has 0 saturated heterocycles. The summed E-state index contributed by atoms with van der Waals surface area (Å²) in [6.45, 7) is 6.55. The highest BCUT2D eigenvalue weighted by molar-refractivity contribution is 5.29. The van der Waals surface area contributed by atoms with Crippen LogP contribution in [0.1, 0.15) is 31.1 Å². The standard InChI is InChI=1S/C14H17N5O/c1-4-19-13(11(3)17-18-15)9-16-14(19)20-12-7-5-10(2)6-8-12/h5-9,11H,4H2,1-3H3. The number of hydrogen-bond donors (Lipinski definition) is 0. The Hall–Kier alpha value is -2.46. The van der Waals surface area contributed by atoms with Gasteiger partial charge in [0.15, 0.2) is 0 Å².